The van der Waals surface area contributed by atoms with E-state index in [1.807, 2.05) is 24.3 Å². The molecule has 0 saturated heterocycles. The van der Waals surface area contributed by atoms with Gasteiger partial charge < -0.3 is 25.2 Å². The van der Waals surface area contributed by atoms with Crippen LogP contribution in [0.25, 0.3) is 0 Å². The molecule has 1 aliphatic rings. The van der Waals surface area contributed by atoms with E-state index in [1.54, 1.807) is 12.2 Å². The number of aliphatic hydroxyl groups excluding tert-OH is 1. The first-order chi connectivity index (χ1) is 28.6. The number of phosphoric ester groups is 1. The molecule has 0 spiro atoms. The Hall–Kier alpha value is -3.18. The number of carbonyl (C=O) groups is 3. The van der Waals surface area contributed by atoms with Gasteiger partial charge >= 0.3 is 19.8 Å². The zero-order valence-corrected chi connectivity index (χ0v) is 36.9. The van der Waals surface area contributed by atoms with Crippen molar-refractivity contribution in [3.63, 3.8) is 0 Å². The number of esters is 2. The number of nitrogens with two attached hydrogens (primary N) is 1. The van der Waals surface area contributed by atoms with Crippen LogP contribution in [0.15, 0.2) is 85.1 Å². The van der Waals surface area contributed by atoms with Crippen LogP contribution in [-0.4, -0.2) is 66.3 Å². The predicted octanol–water partition coefficient (Wildman–Crippen LogP) is 10.4. The summed E-state index contributed by atoms with van der Waals surface area (Å²) in [6, 6.07) is 0. The summed E-state index contributed by atoms with van der Waals surface area (Å²) >= 11 is 0. The van der Waals surface area contributed by atoms with Crippen LogP contribution in [-0.2, 0) is 37.5 Å². The van der Waals surface area contributed by atoms with Gasteiger partial charge in [0.25, 0.3) is 0 Å². The summed E-state index contributed by atoms with van der Waals surface area (Å²) in [5, 5.41) is 10.2. The summed E-state index contributed by atoms with van der Waals surface area (Å²) in [5.74, 6) is -1.27. The van der Waals surface area contributed by atoms with Gasteiger partial charge in [0.1, 0.15) is 6.61 Å². The van der Waals surface area contributed by atoms with Gasteiger partial charge in [-0.05, 0) is 89.0 Å². The van der Waals surface area contributed by atoms with Gasteiger partial charge in [-0.25, -0.2) is 4.57 Å². The lowest BCUT2D eigenvalue weighted by molar-refractivity contribution is -0.161. The molecule has 0 radical (unpaired) electrons. The van der Waals surface area contributed by atoms with Crippen molar-refractivity contribution in [1.29, 1.82) is 0 Å². The third kappa shape index (κ3) is 31.4. The Kier molecular flexibility index (Phi) is 33.4. The summed E-state index contributed by atoms with van der Waals surface area (Å²) in [5.41, 5.74) is 5.34. The minimum atomic E-state index is -4.45. The van der Waals surface area contributed by atoms with Crippen molar-refractivity contribution < 1.29 is 47.5 Å². The minimum Gasteiger partial charge on any atom is -0.462 e. The van der Waals surface area contributed by atoms with E-state index in [0.29, 0.717) is 32.1 Å². The summed E-state index contributed by atoms with van der Waals surface area (Å²) < 4.78 is 32.7. The van der Waals surface area contributed by atoms with Crippen LogP contribution in [0.2, 0.25) is 0 Å². The van der Waals surface area contributed by atoms with Crippen molar-refractivity contribution in [1.82, 2.24) is 0 Å². The molecule has 0 heterocycles. The first-order valence-corrected chi connectivity index (χ1v) is 23.6. The van der Waals surface area contributed by atoms with Gasteiger partial charge in [0.2, 0.25) is 0 Å². The normalized spacial score (nSPS) is 18.1. The number of ketones is 1. The van der Waals surface area contributed by atoms with Gasteiger partial charge in [-0.3, -0.25) is 23.4 Å². The summed E-state index contributed by atoms with van der Waals surface area (Å²) in [6.07, 6.45) is 43.8. The van der Waals surface area contributed by atoms with E-state index in [2.05, 4.69) is 62.5 Å². The standard InChI is InChI=1S/C47H76NO10P/c1-3-5-7-8-9-10-11-12-13-14-15-16-17-18-19-20-21-22-27-31-46(51)55-39-43(40-57-59(53,54)56-38-37-48)58-47(52)32-28-24-23-26-29-41-33-36-45(50)44(41)35-34-42(49)30-25-6-4-2/h9-10,12-13,15-16,18-19,23,26,33-36,41-44,49H,3-8,11,14,17,20-22,24-25,27-32,37-40,48H2,1-2H3,(H,53,54)/b10-9-,13-12-,16-15-,19-18-,26-23-,35-34+/t41-,42-,43+,44+/m0/s1. The number of rotatable bonds is 37. The highest BCUT2D eigenvalue weighted by molar-refractivity contribution is 7.47. The molecule has 11 nitrogen and oxygen atoms in total. The largest absolute Gasteiger partial charge is 0.472 e. The number of unbranched alkanes of at least 4 members (excludes halogenated alkanes) is 9. The molecule has 1 unspecified atom stereocenters. The summed E-state index contributed by atoms with van der Waals surface area (Å²) in [4.78, 5) is 47.4. The second-order valence-electron chi connectivity index (χ2n) is 14.9. The molecule has 5 atom stereocenters. The molecule has 59 heavy (non-hydrogen) atoms. The van der Waals surface area contributed by atoms with E-state index in [-0.39, 0.29) is 50.2 Å². The lowest BCUT2D eigenvalue weighted by Gasteiger charge is -2.19. The SMILES string of the molecule is CCCCC/C=C\C/C=C\C/C=C\C/C=C\CCCCCC(=O)OC[C@H](COP(=O)(O)OCCN)OC(=O)CCC/C=C\C[C@H]1C=CC(=O)[C@@H]1/C=C/[C@@H](O)CCCCC. The van der Waals surface area contributed by atoms with Crippen molar-refractivity contribution in [3.8, 4) is 0 Å². The first-order valence-electron chi connectivity index (χ1n) is 22.1. The van der Waals surface area contributed by atoms with Crippen LogP contribution in [0.5, 0.6) is 0 Å². The molecule has 4 N–H and O–H groups in total. The molecule has 334 valence electrons. The lowest BCUT2D eigenvalue weighted by Crippen LogP contribution is -2.29. The van der Waals surface area contributed by atoms with E-state index in [4.69, 9.17) is 24.3 Å². The van der Waals surface area contributed by atoms with Gasteiger partial charge in [-0.2, -0.15) is 0 Å². The molecule has 0 aromatic rings. The minimum absolute atomic E-state index is 0.0123. The Morgan fingerprint density at radius 3 is 2.02 bits per heavy atom. The van der Waals surface area contributed by atoms with Gasteiger partial charge in [0.05, 0.1) is 19.3 Å². The highest BCUT2D eigenvalue weighted by atomic mass is 31.2. The smallest absolute Gasteiger partial charge is 0.462 e. The van der Waals surface area contributed by atoms with Crippen molar-refractivity contribution in [2.24, 2.45) is 17.6 Å². The van der Waals surface area contributed by atoms with Crippen LogP contribution >= 0.6 is 7.82 Å². The number of hydrogen-bond acceptors (Lipinski definition) is 10. The Morgan fingerprint density at radius 2 is 1.36 bits per heavy atom. The van der Waals surface area contributed by atoms with Crippen molar-refractivity contribution in [3.05, 3.63) is 85.1 Å². The molecule has 0 aromatic carbocycles. The molecule has 0 fully saturated rings. The molecule has 0 bridgehead atoms. The quantitative estimate of drug-likeness (QED) is 0.0235. The second kappa shape index (κ2) is 36.7. The molecule has 0 aromatic heterocycles. The second-order valence-corrected chi connectivity index (χ2v) is 16.3. The Morgan fingerprint density at radius 1 is 0.763 bits per heavy atom. The fourth-order valence-electron chi connectivity index (χ4n) is 6.08. The molecule has 0 aliphatic heterocycles. The third-order valence-electron chi connectivity index (χ3n) is 9.50. The topological polar surface area (TPSA) is 172 Å². The Labute approximate surface area is 355 Å². The molecule has 0 amide bonds. The zero-order chi connectivity index (χ0) is 43.2. The lowest BCUT2D eigenvalue weighted by atomic mass is 9.90. The fraction of sp³-hybridized carbons (Fsp3) is 0.638. The van der Waals surface area contributed by atoms with E-state index < -0.39 is 38.6 Å². The fourth-order valence-corrected chi connectivity index (χ4v) is 6.84. The maximum Gasteiger partial charge on any atom is 0.472 e. The maximum absolute atomic E-state index is 12.7. The van der Waals surface area contributed by atoms with E-state index in [9.17, 15) is 28.9 Å². The Balaban J connectivity index is 2.39. The Bertz CT molecular complexity index is 1380. The average Bonchev–Trinajstić information content (AvgIpc) is 3.57. The highest BCUT2D eigenvalue weighted by Gasteiger charge is 2.27. The van der Waals surface area contributed by atoms with E-state index in [0.717, 1.165) is 57.8 Å². The maximum atomic E-state index is 12.7. The van der Waals surface area contributed by atoms with Gasteiger partial charge in [-0.15, -0.1) is 0 Å². The molecular weight excluding hydrogens is 769 g/mol. The molecule has 1 rings (SSSR count). The van der Waals surface area contributed by atoms with E-state index >= 15 is 0 Å². The van der Waals surface area contributed by atoms with Crippen molar-refractivity contribution in [2.75, 3.05) is 26.4 Å². The average molecular weight is 846 g/mol. The monoisotopic (exact) mass is 846 g/mol. The van der Waals surface area contributed by atoms with Crippen LogP contribution < -0.4 is 5.73 Å². The molecular formula is C47H76NO10P. The number of phosphoric acid groups is 1. The van der Waals surface area contributed by atoms with Crippen LogP contribution in [0, 0.1) is 11.8 Å². The third-order valence-corrected chi connectivity index (χ3v) is 10.5. The summed E-state index contributed by atoms with van der Waals surface area (Å²) in [6.45, 7) is 3.31. The first kappa shape index (κ1) is 53.8. The number of hydrogen-bond donors (Lipinski definition) is 3. The number of aliphatic hydroxyl groups is 1. The highest BCUT2D eigenvalue weighted by Crippen LogP contribution is 2.43. The zero-order valence-electron chi connectivity index (χ0n) is 36.0. The van der Waals surface area contributed by atoms with E-state index in [1.165, 1.54) is 25.7 Å². The molecule has 12 heteroatoms. The summed E-state index contributed by atoms with van der Waals surface area (Å²) in [7, 11) is -4.45. The molecule has 1 aliphatic carbocycles. The van der Waals surface area contributed by atoms with Gasteiger partial charge in [0, 0.05) is 25.3 Å². The van der Waals surface area contributed by atoms with Gasteiger partial charge in [0.15, 0.2) is 11.9 Å². The van der Waals surface area contributed by atoms with Crippen molar-refractivity contribution >= 4 is 25.5 Å². The van der Waals surface area contributed by atoms with Crippen molar-refractivity contribution in [2.45, 2.75) is 154 Å². The predicted molar refractivity (Wildman–Crippen MR) is 237 cm³/mol. The van der Waals surface area contributed by atoms with Crippen LogP contribution in [0.4, 0.5) is 0 Å². The number of ether oxygens (including phenoxy) is 2. The number of carbonyl (C=O) groups excluding carboxylic acids is 3. The van der Waals surface area contributed by atoms with Gasteiger partial charge in [-0.1, -0.05) is 131 Å². The molecule has 0 saturated carbocycles. The van der Waals surface area contributed by atoms with Crippen LogP contribution in [0.1, 0.15) is 142 Å². The van der Waals surface area contributed by atoms with Crippen LogP contribution in [0.3, 0.4) is 0 Å². The number of allylic oxidation sites excluding steroid dienone is 13.